The fraction of sp³-hybridized carbons (Fsp3) is 0.571. The average Bonchev–Trinajstić information content (AvgIpc) is 2.30. The van der Waals surface area contributed by atoms with Crippen LogP contribution in [-0.2, 0) is 0 Å². The minimum absolute atomic E-state index is 0.179. The smallest absolute Gasteiger partial charge is 0.123 e. The van der Waals surface area contributed by atoms with Crippen molar-refractivity contribution < 1.29 is 4.39 Å². The molecule has 94 valence electrons. The Hall–Kier alpha value is -1.09. The number of nitrogens with two attached hydrogens (primary N) is 1. The summed E-state index contributed by atoms with van der Waals surface area (Å²) < 4.78 is 12.9. The standard InChI is InChI=1S/C14H21FN2/c1-2-17(11-14(10-16)8-3-9-14)13-6-4-12(15)5-7-13/h4-7H,2-3,8-11,16H2,1H3. The van der Waals surface area contributed by atoms with Gasteiger partial charge >= 0.3 is 0 Å². The quantitative estimate of drug-likeness (QED) is 0.851. The van der Waals surface area contributed by atoms with E-state index in [1.165, 1.54) is 31.4 Å². The molecule has 1 fully saturated rings. The van der Waals surface area contributed by atoms with Gasteiger partial charge in [0, 0.05) is 24.2 Å². The molecule has 3 heteroatoms. The van der Waals surface area contributed by atoms with Gasteiger partial charge in [-0.1, -0.05) is 6.42 Å². The lowest BCUT2D eigenvalue weighted by Gasteiger charge is -2.44. The second kappa shape index (κ2) is 5.05. The molecule has 0 aromatic heterocycles. The van der Waals surface area contributed by atoms with Gasteiger partial charge in [0.15, 0.2) is 0 Å². The zero-order valence-corrected chi connectivity index (χ0v) is 10.5. The highest BCUT2D eigenvalue weighted by atomic mass is 19.1. The zero-order chi connectivity index (χ0) is 12.3. The van der Waals surface area contributed by atoms with Gasteiger partial charge in [0.2, 0.25) is 0 Å². The van der Waals surface area contributed by atoms with E-state index in [2.05, 4.69) is 11.8 Å². The van der Waals surface area contributed by atoms with Crippen LogP contribution in [0.2, 0.25) is 0 Å². The summed E-state index contributed by atoms with van der Waals surface area (Å²) in [5, 5.41) is 0. The van der Waals surface area contributed by atoms with Crippen molar-refractivity contribution >= 4 is 5.69 Å². The summed E-state index contributed by atoms with van der Waals surface area (Å²) in [6.07, 6.45) is 3.74. The Kier molecular flexibility index (Phi) is 3.67. The van der Waals surface area contributed by atoms with E-state index in [4.69, 9.17) is 5.73 Å². The first kappa shape index (κ1) is 12.4. The maximum absolute atomic E-state index is 12.9. The maximum Gasteiger partial charge on any atom is 0.123 e. The van der Waals surface area contributed by atoms with E-state index in [0.29, 0.717) is 5.41 Å². The van der Waals surface area contributed by atoms with Crippen LogP contribution in [0.15, 0.2) is 24.3 Å². The van der Waals surface area contributed by atoms with E-state index in [1.54, 1.807) is 0 Å². The molecule has 0 amide bonds. The van der Waals surface area contributed by atoms with Gasteiger partial charge in [0.1, 0.15) is 5.82 Å². The molecule has 0 atom stereocenters. The van der Waals surface area contributed by atoms with Gasteiger partial charge in [-0.25, -0.2) is 4.39 Å². The zero-order valence-electron chi connectivity index (χ0n) is 10.5. The molecule has 2 N–H and O–H groups in total. The van der Waals surface area contributed by atoms with Crippen molar-refractivity contribution in [1.82, 2.24) is 0 Å². The van der Waals surface area contributed by atoms with Crippen LogP contribution < -0.4 is 10.6 Å². The highest BCUT2D eigenvalue weighted by Gasteiger charge is 2.36. The van der Waals surface area contributed by atoms with Crippen LogP contribution in [0.4, 0.5) is 10.1 Å². The van der Waals surface area contributed by atoms with Crippen molar-refractivity contribution in [3.8, 4) is 0 Å². The molecule has 2 rings (SSSR count). The van der Waals surface area contributed by atoms with E-state index in [1.807, 2.05) is 12.1 Å². The van der Waals surface area contributed by atoms with Crippen LogP contribution in [0.3, 0.4) is 0 Å². The molecule has 1 saturated carbocycles. The van der Waals surface area contributed by atoms with E-state index < -0.39 is 0 Å². The number of rotatable bonds is 5. The Balaban J connectivity index is 2.08. The lowest BCUT2D eigenvalue weighted by molar-refractivity contribution is 0.152. The van der Waals surface area contributed by atoms with E-state index in [-0.39, 0.29) is 5.82 Å². The van der Waals surface area contributed by atoms with Crippen LogP contribution in [0.25, 0.3) is 0 Å². The van der Waals surface area contributed by atoms with Gasteiger partial charge in [-0.2, -0.15) is 0 Å². The van der Waals surface area contributed by atoms with Crippen molar-refractivity contribution in [2.75, 3.05) is 24.5 Å². The van der Waals surface area contributed by atoms with Gasteiger partial charge < -0.3 is 10.6 Å². The first-order valence-electron chi connectivity index (χ1n) is 6.40. The van der Waals surface area contributed by atoms with Crippen molar-refractivity contribution in [1.29, 1.82) is 0 Å². The van der Waals surface area contributed by atoms with E-state index >= 15 is 0 Å². The van der Waals surface area contributed by atoms with Gasteiger partial charge in [0.05, 0.1) is 0 Å². The Labute approximate surface area is 103 Å². The van der Waals surface area contributed by atoms with Gasteiger partial charge in [-0.3, -0.25) is 0 Å². The van der Waals surface area contributed by atoms with Crippen LogP contribution in [-0.4, -0.2) is 19.6 Å². The minimum atomic E-state index is -0.179. The third kappa shape index (κ3) is 2.60. The summed E-state index contributed by atoms with van der Waals surface area (Å²) in [7, 11) is 0. The molecule has 17 heavy (non-hydrogen) atoms. The SMILES string of the molecule is CCN(CC1(CN)CCC1)c1ccc(F)cc1. The number of hydrogen-bond acceptors (Lipinski definition) is 2. The van der Waals surface area contributed by atoms with Crippen molar-refractivity contribution in [3.63, 3.8) is 0 Å². The van der Waals surface area contributed by atoms with Crippen LogP contribution >= 0.6 is 0 Å². The van der Waals surface area contributed by atoms with E-state index in [0.717, 1.165) is 25.3 Å². The second-order valence-corrected chi connectivity index (χ2v) is 5.05. The Morgan fingerprint density at radius 3 is 2.35 bits per heavy atom. The fourth-order valence-corrected chi connectivity index (χ4v) is 2.55. The van der Waals surface area contributed by atoms with Crippen molar-refractivity contribution in [2.24, 2.45) is 11.1 Å². The predicted octanol–water partition coefficient (Wildman–Crippen LogP) is 2.78. The predicted molar refractivity (Wildman–Crippen MR) is 69.6 cm³/mol. The molecule has 0 spiro atoms. The number of hydrogen-bond donors (Lipinski definition) is 1. The third-order valence-corrected chi connectivity index (χ3v) is 3.95. The Bertz CT molecular complexity index is 351. The number of nitrogens with zero attached hydrogens (tertiary/aromatic N) is 1. The van der Waals surface area contributed by atoms with Crippen LogP contribution in [0, 0.1) is 11.2 Å². The highest BCUT2D eigenvalue weighted by molar-refractivity contribution is 5.46. The molecule has 0 unspecified atom stereocenters. The molecular weight excluding hydrogens is 215 g/mol. The van der Waals surface area contributed by atoms with E-state index in [9.17, 15) is 4.39 Å². The summed E-state index contributed by atoms with van der Waals surface area (Å²) in [6, 6.07) is 6.74. The summed E-state index contributed by atoms with van der Waals surface area (Å²) in [5.74, 6) is -0.179. The molecule has 0 bridgehead atoms. The molecule has 0 heterocycles. The summed E-state index contributed by atoms with van der Waals surface area (Å²) >= 11 is 0. The molecule has 0 radical (unpaired) electrons. The Morgan fingerprint density at radius 1 is 1.29 bits per heavy atom. The molecule has 0 aliphatic heterocycles. The maximum atomic E-state index is 12.9. The topological polar surface area (TPSA) is 29.3 Å². The Morgan fingerprint density at radius 2 is 1.94 bits per heavy atom. The number of halogens is 1. The summed E-state index contributed by atoms with van der Waals surface area (Å²) in [6.45, 7) is 4.82. The third-order valence-electron chi connectivity index (χ3n) is 3.95. The largest absolute Gasteiger partial charge is 0.371 e. The summed E-state index contributed by atoms with van der Waals surface area (Å²) in [5.41, 5.74) is 7.27. The molecule has 1 aromatic carbocycles. The van der Waals surface area contributed by atoms with Crippen molar-refractivity contribution in [3.05, 3.63) is 30.1 Å². The fourth-order valence-electron chi connectivity index (χ4n) is 2.55. The summed E-state index contributed by atoms with van der Waals surface area (Å²) in [4.78, 5) is 2.30. The average molecular weight is 236 g/mol. The van der Waals surface area contributed by atoms with Gasteiger partial charge in [-0.15, -0.1) is 0 Å². The number of anilines is 1. The minimum Gasteiger partial charge on any atom is -0.371 e. The molecule has 2 nitrogen and oxygen atoms in total. The van der Waals surface area contributed by atoms with Gasteiger partial charge in [0.25, 0.3) is 0 Å². The van der Waals surface area contributed by atoms with Crippen molar-refractivity contribution in [2.45, 2.75) is 26.2 Å². The molecule has 1 aliphatic carbocycles. The van der Waals surface area contributed by atoms with Crippen LogP contribution in [0.5, 0.6) is 0 Å². The lowest BCUT2D eigenvalue weighted by Crippen LogP contribution is -2.47. The van der Waals surface area contributed by atoms with Crippen LogP contribution in [0.1, 0.15) is 26.2 Å². The molecular formula is C14H21FN2. The normalized spacial score (nSPS) is 17.6. The monoisotopic (exact) mass is 236 g/mol. The second-order valence-electron chi connectivity index (χ2n) is 5.05. The highest BCUT2D eigenvalue weighted by Crippen LogP contribution is 2.41. The first-order valence-corrected chi connectivity index (χ1v) is 6.40. The molecule has 1 aliphatic rings. The first-order chi connectivity index (χ1) is 8.19. The number of benzene rings is 1. The molecule has 0 saturated heterocycles. The molecule has 1 aromatic rings. The van der Waals surface area contributed by atoms with Gasteiger partial charge in [-0.05, 0) is 50.6 Å². The lowest BCUT2D eigenvalue weighted by atomic mass is 9.68.